The van der Waals surface area contributed by atoms with E-state index in [-0.39, 0.29) is 0 Å². The van der Waals surface area contributed by atoms with E-state index in [2.05, 4.69) is 35.4 Å². The van der Waals surface area contributed by atoms with Crippen molar-refractivity contribution in [2.45, 2.75) is 6.54 Å². The van der Waals surface area contributed by atoms with Crippen LogP contribution in [0.1, 0.15) is 5.69 Å². The molecule has 1 aliphatic heterocycles. The van der Waals surface area contributed by atoms with Gasteiger partial charge in [-0.15, -0.1) is 15.3 Å². The van der Waals surface area contributed by atoms with Crippen molar-refractivity contribution in [3.8, 4) is 5.82 Å². The second-order valence-electron chi connectivity index (χ2n) is 5.85. The molecule has 0 spiro atoms. The number of anilines is 1. The third-order valence-corrected chi connectivity index (χ3v) is 4.11. The standard InChI is InChI=1S/C15H19N9/c1-21-11-13(17-20-21)12-22-7-9-23(10-8-22)14-3-4-15(19-18-14)24-6-2-5-16-24/h2-6,11H,7-10,12H2,1H3. The van der Waals surface area contributed by atoms with E-state index >= 15 is 0 Å². The van der Waals surface area contributed by atoms with E-state index in [4.69, 9.17) is 0 Å². The maximum Gasteiger partial charge on any atom is 0.175 e. The van der Waals surface area contributed by atoms with Crippen LogP contribution in [-0.2, 0) is 13.6 Å². The molecule has 4 heterocycles. The van der Waals surface area contributed by atoms with Crippen molar-refractivity contribution in [1.29, 1.82) is 0 Å². The Balaban J connectivity index is 1.35. The smallest absolute Gasteiger partial charge is 0.175 e. The fraction of sp³-hybridized carbons (Fsp3) is 0.400. The van der Waals surface area contributed by atoms with Gasteiger partial charge in [-0.25, -0.2) is 4.68 Å². The lowest BCUT2D eigenvalue weighted by Crippen LogP contribution is -2.46. The minimum absolute atomic E-state index is 0.727. The lowest BCUT2D eigenvalue weighted by molar-refractivity contribution is 0.246. The monoisotopic (exact) mass is 325 g/mol. The quantitative estimate of drug-likeness (QED) is 0.673. The molecule has 1 fully saturated rings. The van der Waals surface area contributed by atoms with E-state index in [9.17, 15) is 0 Å². The van der Waals surface area contributed by atoms with Crippen LogP contribution in [0.15, 0.2) is 36.8 Å². The van der Waals surface area contributed by atoms with Gasteiger partial charge < -0.3 is 4.90 Å². The van der Waals surface area contributed by atoms with Gasteiger partial charge in [0.05, 0.1) is 5.69 Å². The summed E-state index contributed by atoms with van der Waals surface area (Å²) in [6, 6.07) is 5.82. The van der Waals surface area contributed by atoms with Gasteiger partial charge in [0.25, 0.3) is 0 Å². The topological polar surface area (TPSA) is 80.8 Å². The zero-order chi connectivity index (χ0) is 16.4. The molecular weight excluding hydrogens is 306 g/mol. The van der Waals surface area contributed by atoms with Crippen LogP contribution in [-0.4, -0.2) is 66.1 Å². The SMILES string of the molecule is Cn1cc(CN2CCN(c3ccc(-n4cccn4)nn3)CC2)nn1. The van der Waals surface area contributed by atoms with Crippen molar-refractivity contribution in [2.75, 3.05) is 31.1 Å². The van der Waals surface area contributed by atoms with Gasteiger partial charge in [-0.1, -0.05) is 5.21 Å². The van der Waals surface area contributed by atoms with Crippen LogP contribution in [0.3, 0.4) is 0 Å². The van der Waals surface area contributed by atoms with Crippen molar-refractivity contribution in [3.63, 3.8) is 0 Å². The van der Waals surface area contributed by atoms with Gasteiger partial charge in [0.2, 0.25) is 0 Å². The van der Waals surface area contributed by atoms with E-state index < -0.39 is 0 Å². The fourth-order valence-corrected chi connectivity index (χ4v) is 2.85. The average molecular weight is 325 g/mol. The molecule has 4 rings (SSSR count). The lowest BCUT2D eigenvalue weighted by atomic mass is 10.3. The number of rotatable bonds is 4. The molecule has 0 aliphatic carbocycles. The molecule has 0 radical (unpaired) electrons. The minimum Gasteiger partial charge on any atom is -0.353 e. The molecule has 0 amide bonds. The second-order valence-corrected chi connectivity index (χ2v) is 5.85. The summed E-state index contributed by atoms with van der Waals surface area (Å²) in [5, 5.41) is 20.9. The van der Waals surface area contributed by atoms with Crippen molar-refractivity contribution in [2.24, 2.45) is 7.05 Å². The zero-order valence-corrected chi connectivity index (χ0v) is 13.5. The predicted molar refractivity (Wildman–Crippen MR) is 87.6 cm³/mol. The molecule has 0 N–H and O–H groups in total. The van der Waals surface area contributed by atoms with Gasteiger partial charge in [-0.05, 0) is 18.2 Å². The molecule has 24 heavy (non-hydrogen) atoms. The largest absolute Gasteiger partial charge is 0.353 e. The normalized spacial score (nSPS) is 15.8. The van der Waals surface area contributed by atoms with Gasteiger partial charge in [0.15, 0.2) is 11.6 Å². The minimum atomic E-state index is 0.727. The molecule has 1 saturated heterocycles. The van der Waals surface area contributed by atoms with Crippen LogP contribution in [0.4, 0.5) is 5.82 Å². The summed E-state index contributed by atoms with van der Waals surface area (Å²) in [7, 11) is 1.89. The first kappa shape index (κ1) is 14.8. The molecule has 0 saturated carbocycles. The molecule has 0 aromatic carbocycles. The molecule has 0 bridgehead atoms. The molecule has 124 valence electrons. The Morgan fingerprint density at radius 2 is 1.79 bits per heavy atom. The highest BCUT2D eigenvalue weighted by molar-refractivity contribution is 5.40. The summed E-state index contributed by atoms with van der Waals surface area (Å²) in [5.41, 5.74) is 1.01. The highest BCUT2D eigenvalue weighted by Gasteiger charge is 2.19. The van der Waals surface area contributed by atoms with Gasteiger partial charge in [0, 0.05) is 58.4 Å². The first-order valence-electron chi connectivity index (χ1n) is 7.94. The fourth-order valence-electron chi connectivity index (χ4n) is 2.85. The first-order chi connectivity index (χ1) is 11.8. The van der Waals surface area contributed by atoms with Crippen LogP contribution in [0.2, 0.25) is 0 Å². The Hall–Kier alpha value is -2.81. The molecule has 0 atom stereocenters. The second kappa shape index (κ2) is 6.36. The number of hydrogen-bond donors (Lipinski definition) is 0. The number of nitrogens with zero attached hydrogens (tertiary/aromatic N) is 9. The highest BCUT2D eigenvalue weighted by atomic mass is 15.4. The maximum absolute atomic E-state index is 4.34. The third kappa shape index (κ3) is 3.11. The van der Waals surface area contributed by atoms with Crippen molar-refractivity contribution < 1.29 is 0 Å². The Kier molecular flexibility index (Phi) is 3.91. The summed E-state index contributed by atoms with van der Waals surface area (Å²) >= 11 is 0. The molecule has 9 heteroatoms. The number of hydrogen-bond acceptors (Lipinski definition) is 7. The summed E-state index contributed by atoms with van der Waals surface area (Å²) in [6.07, 6.45) is 5.55. The Morgan fingerprint density at radius 1 is 1.00 bits per heavy atom. The third-order valence-electron chi connectivity index (χ3n) is 4.11. The van der Waals surface area contributed by atoms with Crippen molar-refractivity contribution in [1.82, 2.24) is 39.9 Å². The molecule has 3 aromatic heterocycles. The van der Waals surface area contributed by atoms with Crippen molar-refractivity contribution in [3.05, 3.63) is 42.5 Å². The van der Waals surface area contributed by atoms with E-state index in [1.165, 1.54) is 0 Å². The summed E-state index contributed by atoms with van der Waals surface area (Å²) < 4.78 is 3.44. The van der Waals surface area contributed by atoms with Crippen LogP contribution < -0.4 is 4.90 Å². The van der Waals surface area contributed by atoms with E-state index in [1.54, 1.807) is 15.6 Å². The summed E-state index contributed by atoms with van der Waals surface area (Å²) in [5.74, 6) is 1.63. The predicted octanol–water partition coefficient (Wildman–Crippen LogP) is 0.113. The zero-order valence-electron chi connectivity index (χ0n) is 13.5. The van der Waals surface area contributed by atoms with E-state index in [0.717, 1.165) is 50.1 Å². The number of piperazine rings is 1. The lowest BCUT2D eigenvalue weighted by Gasteiger charge is -2.34. The molecule has 1 aliphatic rings. The van der Waals surface area contributed by atoms with Crippen LogP contribution >= 0.6 is 0 Å². The van der Waals surface area contributed by atoms with Gasteiger partial charge in [-0.2, -0.15) is 5.10 Å². The number of aromatic nitrogens is 7. The van der Waals surface area contributed by atoms with E-state index in [0.29, 0.717) is 0 Å². The van der Waals surface area contributed by atoms with Crippen LogP contribution in [0, 0.1) is 0 Å². The van der Waals surface area contributed by atoms with Crippen LogP contribution in [0.5, 0.6) is 0 Å². The molecular formula is C15H19N9. The molecule has 9 nitrogen and oxygen atoms in total. The average Bonchev–Trinajstić information content (AvgIpc) is 3.28. The van der Waals surface area contributed by atoms with Crippen molar-refractivity contribution >= 4 is 5.82 Å². The Bertz CT molecular complexity index is 770. The maximum atomic E-state index is 4.34. The van der Waals surface area contributed by atoms with Crippen LogP contribution in [0.25, 0.3) is 5.82 Å². The summed E-state index contributed by atoms with van der Waals surface area (Å²) in [6.45, 7) is 4.63. The Labute approximate surface area is 139 Å². The first-order valence-corrected chi connectivity index (χ1v) is 7.94. The van der Waals surface area contributed by atoms with E-state index in [1.807, 2.05) is 37.6 Å². The highest BCUT2D eigenvalue weighted by Crippen LogP contribution is 2.14. The molecule has 0 unspecified atom stereocenters. The van der Waals surface area contributed by atoms with Gasteiger partial charge in [-0.3, -0.25) is 9.58 Å². The molecule has 3 aromatic rings. The summed E-state index contributed by atoms with van der Waals surface area (Å²) in [4.78, 5) is 4.64. The van der Waals surface area contributed by atoms with Gasteiger partial charge >= 0.3 is 0 Å². The van der Waals surface area contributed by atoms with Gasteiger partial charge in [0.1, 0.15) is 0 Å². The Morgan fingerprint density at radius 3 is 2.42 bits per heavy atom. The number of aryl methyl sites for hydroxylation is 1.